The fourth-order valence-electron chi connectivity index (χ4n) is 12.6. The quantitative estimate of drug-likeness (QED) is 0.0335. The van der Waals surface area contributed by atoms with Crippen molar-refractivity contribution in [3.8, 4) is 0 Å². The average molecular weight is 1420 g/mol. The molecule has 4 rings (SSSR count). The summed E-state index contributed by atoms with van der Waals surface area (Å²) in [4.78, 5) is 179. The summed E-state index contributed by atoms with van der Waals surface area (Å²) >= 11 is 0. The Morgan fingerprint density at radius 1 is 0.703 bits per heavy atom. The van der Waals surface area contributed by atoms with Crippen molar-refractivity contribution >= 4 is 82.9 Å². The third-order valence-electron chi connectivity index (χ3n) is 18.4. The number of urea groups is 1. The third kappa shape index (κ3) is 25.5. The first-order valence-electron chi connectivity index (χ1n) is 34.6. The van der Waals surface area contributed by atoms with Gasteiger partial charge in [-0.25, -0.2) is 9.59 Å². The molecule has 1 saturated heterocycles. The number of anilines is 1. The molecule has 0 unspecified atom stereocenters. The van der Waals surface area contributed by atoms with E-state index in [1.807, 2.05) is 19.9 Å². The number of hydrogen-bond donors (Lipinski definition) is 10. The number of nitrogens with two attached hydrogens (primary N) is 1. The van der Waals surface area contributed by atoms with E-state index in [1.54, 1.807) is 104 Å². The van der Waals surface area contributed by atoms with Gasteiger partial charge in [-0.15, -0.1) is 0 Å². The zero-order valence-electron chi connectivity index (χ0n) is 60.8. The van der Waals surface area contributed by atoms with Gasteiger partial charge in [0.05, 0.1) is 48.8 Å². The molecule has 0 saturated carbocycles. The largest absolute Gasteiger partial charge is 0.481 e. The summed E-state index contributed by atoms with van der Waals surface area (Å²) in [5.41, 5.74) is 6.58. The number of methoxy groups -OCH3 is 2. The van der Waals surface area contributed by atoms with Crippen LogP contribution in [0.3, 0.4) is 0 Å². The van der Waals surface area contributed by atoms with Crippen LogP contribution in [0.25, 0.3) is 0 Å². The number of amides is 13. The number of carboxylic acid groups (broad SMARTS) is 1. The lowest BCUT2D eigenvalue weighted by molar-refractivity contribution is -0.148. The molecule has 13 amide bonds. The Bertz CT molecular complexity index is 3170. The van der Waals surface area contributed by atoms with E-state index in [9.17, 15) is 72.5 Å². The second kappa shape index (κ2) is 41.0. The van der Waals surface area contributed by atoms with Gasteiger partial charge in [0, 0.05) is 78.6 Å². The van der Waals surface area contributed by atoms with Crippen molar-refractivity contribution < 1.29 is 86.8 Å². The summed E-state index contributed by atoms with van der Waals surface area (Å²) in [5.74, 6) is -9.42. The molecular weight excluding hydrogens is 1310 g/mol. The zero-order chi connectivity index (χ0) is 75.5. The van der Waals surface area contributed by atoms with Crippen molar-refractivity contribution in [1.82, 2.24) is 51.5 Å². The second-order valence-corrected chi connectivity index (χ2v) is 27.2. The number of carboxylic acids is 1. The zero-order valence-corrected chi connectivity index (χ0v) is 60.8. The highest BCUT2D eigenvalue weighted by Crippen LogP contribution is 2.31. The Labute approximate surface area is 592 Å². The van der Waals surface area contributed by atoms with Crippen LogP contribution in [-0.4, -0.2) is 215 Å². The summed E-state index contributed by atoms with van der Waals surface area (Å²) < 4.78 is 17.7. The molecule has 0 aromatic heterocycles. The number of carbonyl (C=O) groups is 13. The molecule has 0 bridgehead atoms. The van der Waals surface area contributed by atoms with Crippen molar-refractivity contribution in [2.45, 2.75) is 207 Å². The Hall–Kier alpha value is -9.03. The number of nitrogens with zero attached hydrogens (tertiary/aromatic N) is 4. The average Bonchev–Trinajstić information content (AvgIpc) is 1.77. The molecule has 101 heavy (non-hydrogen) atoms. The number of likely N-dealkylation sites (tertiary alicyclic amines) is 1. The number of primary amides is 1. The number of imide groups is 1. The first kappa shape index (κ1) is 84.4. The van der Waals surface area contributed by atoms with E-state index in [4.69, 9.17) is 19.9 Å². The summed E-state index contributed by atoms with van der Waals surface area (Å²) in [5, 5.41) is 39.2. The molecule has 2 aromatic carbocycles. The maximum absolute atomic E-state index is 14.8. The summed E-state index contributed by atoms with van der Waals surface area (Å²) in [6, 6.07) is 6.18. The predicted octanol–water partition coefficient (Wildman–Crippen LogP) is 3.65. The molecule has 0 radical (unpaired) electrons. The molecule has 2 aliphatic rings. The van der Waals surface area contributed by atoms with Gasteiger partial charge < -0.3 is 77.2 Å². The molecule has 2 heterocycles. The van der Waals surface area contributed by atoms with Gasteiger partial charge in [-0.05, 0) is 92.4 Å². The van der Waals surface area contributed by atoms with Crippen LogP contribution in [0.15, 0.2) is 66.7 Å². The van der Waals surface area contributed by atoms with Crippen molar-refractivity contribution in [2.75, 3.05) is 53.3 Å². The van der Waals surface area contributed by atoms with Gasteiger partial charge in [-0.2, -0.15) is 0 Å². The lowest BCUT2D eigenvalue weighted by atomic mass is 9.89. The standard InChI is InChI=1S/C71H108N12O18/c1-15-43(8)61(53(99-13)38-57(87)82-35-20-24-52(82)63(100-14)44(9)64(91)74-45(10)62(90)47-21-17-16-18-22-47)80(11)69(96)59(41(4)5)79-68(95)60(42(6)7)81(12)71(98)101-39-46-25-27-48(28-26-46)75-65(92)49(23-19-34-73-70(72)97)77-66(93)50(29-32-58(88)89)78-67(94)51(37-40(2)3)76-54(84)33-36-83-55(85)30-31-56(83)86/h16-18,21-22,25-28,30-31,40-45,49-53,59-63,90H,15,19-20,23-24,29,32-39H2,1-14H3,(H,74,91)(H,75,92)(H,76,84)(H,77,93)(H,78,94)(H,79,95)(H,88,89)(H3,72,73,97)/t43-,44+,45+,49-,50-,51+,52-,53+,59-,60-,61-,62+,63+/m0/s1. The number of hydrogen-bond acceptors (Lipinski definition) is 17. The Morgan fingerprint density at radius 2 is 1.32 bits per heavy atom. The van der Waals surface area contributed by atoms with E-state index in [0.717, 1.165) is 22.0 Å². The molecule has 30 heteroatoms. The van der Waals surface area contributed by atoms with E-state index in [2.05, 4.69) is 37.2 Å². The van der Waals surface area contributed by atoms with Crippen LogP contribution in [0.5, 0.6) is 0 Å². The van der Waals surface area contributed by atoms with Crippen LogP contribution < -0.4 is 43.0 Å². The molecule has 2 aromatic rings. The van der Waals surface area contributed by atoms with Gasteiger partial charge in [-0.3, -0.25) is 62.5 Å². The SMILES string of the molecule is CC[C@H](C)[C@@H]([C@@H](CC(=O)N1CCC[C@H]1[C@H](OC)[C@@H](C)C(=O)N[C@H](C)[C@@H](O)c1ccccc1)OC)N(C)C(=O)[C@@H](NC(=O)[C@H](C(C)C)N(C)C(=O)OCc1ccc(NC(=O)[C@H](CCCNC(N)=O)NC(=O)[C@H](CCC(=O)O)NC(=O)[C@@H](CC(C)C)NC(=O)CCN2C(=O)C=CC2=O)cc1)C(C)C. The monoisotopic (exact) mass is 1420 g/mol. The van der Waals surface area contributed by atoms with Crippen molar-refractivity contribution in [2.24, 2.45) is 35.3 Å². The number of aliphatic carboxylic acids is 1. The topological polar surface area (TPSA) is 413 Å². The van der Waals surface area contributed by atoms with E-state index in [0.29, 0.717) is 36.9 Å². The Balaban J connectivity index is 1.42. The third-order valence-corrected chi connectivity index (χ3v) is 18.4. The van der Waals surface area contributed by atoms with Crippen LogP contribution in [-0.2, 0) is 73.6 Å². The highest BCUT2D eigenvalue weighted by molar-refractivity contribution is 6.13. The van der Waals surface area contributed by atoms with Gasteiger partial charge in [0.1, 0.15) is 36.8 Å². The van der Waals surface area contributed by atoms with Crippen LogP contribution in [0, 0.1) is 29.6 Å². The van der Waals surface area contributed by atoms with Crippen molar-refractivity contribution in [1.29, 1.82) is 0 Å². The smallest absolute Gasteiger partial charge is 0.410 e. The molecule has 2 aliphatic heterocycles. The molecule has 560 valence electrons. The number of aliphatic hydroxyl groups excluding tert-OH is 1. The number of rotatable bonds is 41. The number of likely N-dealkylation sites (N-methyl/N-ethyl adjacent to an activating group) is 2. The lowest BCUT2D eigenvalue weighted by Gasteiger charge is -2.41. The molecule has 11 N–H and O–H groups in total. The van der Waals surface area contributed by atoms with Gasteiger partial charge in [0.2, 0.25) is 47.3 Å². The number of carbonyl (C=O) groups excluding carboxylic acids is 12. The number of nitrogens with one attached hydrogen (secondary N) is 7. The molecular formula is C71H108N12O18. The van der Waals surface area contributed by atoms with Crippen molar-refractivity contribution in [3.63, 3.8) is 0 Å². The minimum Gasteiger partial charge on any atom is -0.481 e. The highest BCUT2D eigenvalue weighted by Gasteiger charge is 2.44. The van der Waals surface area contributed by atoms with E-state index >= 15 is 0 Å². The van der Waals surface area contributed by atoms with Gasteiger partial charge in [0.25, 0.3) is 11.8 Å². The van der Waals surface area contributed by atoms with Crippen molar-refractivity contribution in [3.05, 3.63) is 77.9 Å². The lowest BCUT2D eigenvalue weighted by Crippen LogP contribution is -2.60. The first-order chi connectivity index (χ1) is 47.6. The van der Waals surface area contributed by atoms with Crippen LogP contribution in [0.4, 0.5) is 15.3 Å². The molecule has 0 aliphatic carbocycles. The molecule has 30 nitrogen and oxygen atoms in total. The minimum atomic E-state index is -1.53. The molecule has 1 fully saturated rings. The van der Waals surface area contributed by atoms with Gasteiger partial charge in [0.15, 0.2) is 0 Å². The van der Waals surface area contributed by atoms with Gasteiger partial charge >= 0.3 is 18.1 Å². The number of benzene rings is 2. The van der Waals surface area contributed by atoms with Gasteiger partial charge in [-0.1, -0.05) is 111 Å². The van der Waals surface area contributed by atoms with E-state index in [-0.39, 0.29) is 81.1 Å². The van der Waals surface area contributed by atoms with Crippen LogP contribution in [0.2, 0.25) is 0 Å². The number of ether oxygens (including phenoxy) is 3. The Morgan fingerprint density at radius 3 is 1.87 bits per heavy atom. The highest BCUT2D eigenvalue weighted by atomic mass is 16.6. The normalized spacial score (nSPS) is 17.2. The second-order valence-electron chi connectivity index (χ2n) is 27.2. The van der Waals surface area contributed by atoms with E-state index in [1.165, 1.54) is 38.3 Å². The van der Waals surface area contributed by atoms with Crippen LogP contribution in [0.1, 0.15) is 151 Å². The summed E-state index contributed by atoms with van der Waals surface area (Å²) in [6.07, 6.45) is -0.724. The summed E-state index contributed by atoms with van der Waals surface area (Å²) in [6.45, 7) is 17.8. The fraction of sp³-hybridized carbons (Fsp3) is 0.620. The van der Waals surface area contributed by atoms with E-state index < -0.39 is 163 Å². The molecule has 13 atom stereocenters. The summed E-state index contributed by atoms with van der Waals surface area (Å²) in [7, 11) is 6.00. The predicted molar refractivity (Wildman–Crippen MR) is 373 cm³/mol. The maximum atomic E-state index is 14.8. The Kier molecular flexibility index (Phi) is 34.3. The minimum absolute atomic E-state index is 0.00224. The maximum Gasteiger partial charge on any atom is 0.410 e. The number of aliphatic hydroxyl groups is 1. The fourth-order valence-corrected chi connectivity index (χ4v) is 12.6. The molecule has 0 spiro atoms. The van der Waals surface area contributed by atoms with Crippen LogP contribution >= 0.6 is 0 Å². The first-order valence-corrected chi connectivity index (χ1v) is 34.6.